The topological polar surface area (TPSA) is 58.6 Å². The van der Waals surface area contributed by atoms with Crippen LogP contribution in [-0.4, -0.2) is 35.9 Å². The Morgan fingerprint density at radius 3 is 2.62 bits per heavy atom. The predicted molar refractivity (Wildman–Crippen MR) is 123 cm³/mol. The van der Waals surface area contributed by atoms with Crippen LogP contribution in [0.2, 0.25) is 0 Å². The number of nitrogens with one attached hydrogen (secondary N) is 1. The summed E-state index contributed by atoms with van der Waals surface area (Å²) in [5.74, 6) is 0.0487. The van der Waals surface area contributed by atoms with E-state index in [0.717, 1.165) is 23.1 Å². The number of fused-ring (bicyclic) bond motifs is 1. The Morgan fingerprint density at radius 1 is 1.22 bits per heavy atom. The number of halogens is 1. The second-order valence-electron chi connectivity index (χ2n) is 9.37. The molecule has 172 valence electrons. The number of amides is 2. The third kappa shape index (κ3) is 5.29. The van der Waals surface area contributed by atoms with Crippen LogP contribution in [0, 0.1) is 11.2 Å². The number of nitrogens with zero attached hydrogens (tertiary/aromatic N) is 1. The third-order valence-electron chi connectivity index (χ3n) is 5.64. The average Bonchev–Trinajstić information content (AvgIpc) is 2.75. The number of hydrogen-bond acceptors (Lipinski definition) is 3. The standard InChI is InChI=1S/C26H33FN2O3/c1-6-13-28-24(30)17(2)32-21-11-10-18-12-14-29(25(31)26(3,4)5)23(22(18)16-21)19-8-7-9-20(27)15-19/h7-11,15-17,23H,6,12-14H2,1-5H3,(H,28,30)/t17-,23-/m1/s1. The first-order valence-corrected chi connectivity index (χ1v) is 11.3. The van der Waals surface area contributed by atoms with Gasteiger partial charge < -0.3 is 15.0 Å². The van der Waals surface area contributed by atoms with Crippen LogP contribution in [0.4, 0.5) is 4.39 Å². The summed E-state index contributed by atoms with van der Waals surface area (Å²) in [4.78, 5) is 27.4. The number of rotatable bonds is 6. The summed E-state index contributed by atoms with van der Waals surface area (Å²) >= 11 is 0. The van der Waals surface area contributed by atoms with Crippen molar-refractivity contribution in [2.45, 2.75) is 59.6 Å². The molecule has 32 heavy (non-hydrogen) atoms. The van der Waals surface area contributed by atoms with Crippen molar-refractivity contribution in [1.82, 2.24) is 10.2 Å². The molecule has 2 amide bonds. The highest BCUT2D eigenvalue weighted by molar-refractivity contribution is 5.83. The first-order valence-electron chi connectivity index (χ1n) is 11.3. The van der Waals surface area contributed by atoms with E-state index in [2.05, 4.69) is 5.32 Å². The molecule has 2 atom stereocenters. The summed E-state index contributed by atoms with van der Waals surface area (Å²) in [6.45, 7) is 10.5. The maximum absolute atomic E-state index is 14.1. The van der Waals surface area contributed by atoms with Gasteiger partial charge in [0.25, 0.3) is 5.91 Å². The normalized spacial score (nSPS) is 16.8. The molecule has 0 saturated heterocycles. The van der Waals surface area contributed by atoms with Gasteiger partial charge in [-0.1, -0.05) is 45.9 Å². The van der Waals surface area contributed by atoms with E-state index in [1.54, 1.807) is 13.0 Å². The number of benzene rings is 2. The molecule has 0 fully saturated rings. The molecule has 1 aliphatic rings. The number of carbonyl (C=O) groups is 2. The van der Waals surface area contributed by atoms with Crippen LogP contribution in [0.25, 0.3) is 0 Å². The number of carbonyl (C=O) groups excluding carboxylic acids is 2. The lowest BCUT2D eigenvalue weighted by Gasteiger charge is -2.41. The zero-order chi connectivity index (χ0) is 23.5. The first-order chi connectivity index (χ1) is 15.1. The van der Waals surface area contributed by atoms with Crippen LogP contribution in [0.5, 0.6) is 5.75 Å². The molecule has 3 rings (SSSR count). The van der Waals surface area contributed by atoms with E-state index in [9.17, 15) is 14.0 Å². The zero-order valence-corrected chi connectivity index (χ0v) is 19.6. The molecule has 1 N–H and O–H groups in total. The van der Waals surface area contributed by atoms with Crippen molar-refractivity contribution in [2.24, 2.45) is 5.41 Å². The fraction of sp³-hybridized carbons (Fsp3) is 0.462. The largest absolute Gasteiger partial charge is 0.481 e. The molecule has 0 spiro atoms. The molecular weight excluding hydrogens is 407 g/mol. The molecule has 6 heteroatoms. The predicted octanol–water partition coefficient (Wildman–Crippen LogP) is 4.64. The molecule has 1 aliphatic heterocycles. The van der Waals surface area contributed by atoms with Gasteiger partial charge in [0.15, 0.2) is 6.10 Å². The summed E-state index contributed by atoms with van der Waals surface area (Å²) in [6, 6.07) is 11.7. The van der Waals surface area contributed by atoms with Gasteiger partial charge in [0.1, 0.15) is 11.6 Å². The van der Waals surface area contributed by atoms with E-state index in [4.69, 9.17) is 4.74 Å². The van der Waals surface area contributed by atoms with Crippen molar-refractivity contribution in [3.05, 3.63) is 65.0 Å². The van der Waals surface area contributed by atoms with Gasteiger partial charge in [0, 0.05) is 18.5 Å². The Labute approximate surface area is 190 Å². The Morgan fingerprint density at radius 2 is 1.97 bits per heavy atom. The Bertz CT molecular complexity index is 983. The van der Waals surface area contributed by atoms with Gasteiger partial charge in [-0.25, -0.2) is 4.39 Å². The van der Waals surface area contributed by atoms with Crippen LogP contribution >= 0.6 is 0 Å². The highest BCUT2D eigenvalue weighted by atomic mass is 19.1. The van der Waals surface area contributed by atoms with Gasteiger partial charge in [0.05, 0.1) is 6.04 Å². The Kier molecular flexibility index (Phi) is 7.22. The quantitative estimate of drug-likeness (QED) is 0.712. The second kappa shape index (κ2) is 9.72. The summed E-state index contributed by atoms with van der Waals surface area (Å²) in [5.41, 5.74) is 2.14. The van der Waals surface area contributed by atoms with E-state index in [1.807, 2.05) is 56.9 Å². The minimum atomic E-state index is -0.650. The SMILES string of the molecule is CCCNC(=O)[C@@H](C)Oc1ccc2c(c1)[C@@H](c1cccc(F)c1)N(C(=O)C(C)(C)C)CC2. The summed E-state index contributed by atoms with van der Waals surface area (Å²) in [5, 5.41) is 2.84. The molecular formula is C26H33FN2O3. The average molecular weight is 441 g/mol. The van der Waals surface area contributed by atoms with E-state index >= 15 is 0 Å². The third-order valence-corrected chi connectivity index (χ3v) is 5.64. The fourth-order valence-corrected chi connectivity index (χ4v) is 4.00. The minimum Gasteiger partial charge on any atom is -0.481 e. The monoisotopic (exact) mass is 440 g/mol. The lowest BCUT2D eigenvalue weighted by molar-refractivity contribution is -0.141. The molecule has 0 radical (unpaired) electrons. The van der Waals surface area contributed by atoms with Crippen molar-refractivity contribution < 1.29 is 18.7 Å². The smallest absolute Gasteiger partial charge is 0.260 e. The number of ether oxygens (including phenoxy) is 1. The summed E-state index contributed by atoms with van der Waals surface area (Å²) < 4.78 is 20.1. The van der Waals surface area contributed by atoms with Crippen LogP contribution < -0.4 is 10.1 Å². The maximum Gasteiger partial charge on any atom is 0.260 e. The Hall–Kier alpha value is -2.89. The Balaban J connectivity index is 1.99. The van der Waals surface area contributed by atoms with E-state index in [0.29, 0.717) is 25.3 Å². The molecule has 0 saturated carbocycles. The van der Waals surface area contributed by atoms with Crippen molar-refractivity contribution >= 4 is 11.8 Å². The number of hydrogen-bond donors (Lipinski definition) is 1. The van der Waals surface area contributed by atoms with E-state index in [-0.39, 0.29) is 17.6 Å². The summed E-state index contributed by atoms with van der Waals surface area (Å²) in [6.07, 6.45) is 0.906. The summed E-state index contributed by atoms with van der Waals surface area (Å²) in [7, 11) is 0. The molecule has 2 aromatic carbocycles. The van der Waals surface area contributed by atoms with Crippen LogP contribution in [0.1, 0.15) is 63.8 Å². The second-order valence-corrected chi connectivity index (χ2v) is 9.37. The van der Waals surface area contributed by atoms with Gasteiger partial charge in [0.2, 0.25) is 5.91 Å². The van der Waals surface area contributed by atoms with Gasteiger partial charge >= 0.3 is 0 Å². The molecule has 0 aliphatic carbocycles. The van der Waals surface area contributed by atoms with Crippen LogP contribution in [0.3, 0.4) is 0 Å². The molecule has 0 aromatic heterocycles. The lowest BCUT2D eigenvalue weighted by atomic mass is 9.85. The molecule has 0 bridgehead atoms. The maximum atomic E-state index is 14.1. The molecule has 5 nitrogen and oxygen atoms in total. The molecule has 2 aromatic rings. The highest BCUT2D eigenvalue weighted by Crippen LogP contribution is 2.39. The lowest BCUT2D eigenvalue weighted by Crippen LogP contribution is -2.45. The van der Waals surface area contributed by atoms with Crippen molar-refractivity contribution in [3.8, 4) is 5.75 Å². The van der Waals surface area contributed by atoms with Crippen LogP contribution in [0.15, 0.2) is 42.5 Å². The van der Waals surface area contributed by atoms with E-state index < -0.39 is 17.6 Å². The van der Waals surface area contributed by atoms with Crippen molar-refractivity contribution in [2.75, 3.05) is 13.1 Å². The van der Waals surface area contributed by atoms with Gasteiger partial charge in [-0.2, -0.15) is 0 Å². The van der Waals surface area contributed by atoms with Crippen molar-refractivity contribution in [1.29, 1.82) is 0 Å². The zero-order valence-electron chi connectivity index (χ0n) is 19.6. The van der Waals surface area contributed by atoms with Gasteiger partial charge in [-0.3, -0.25) is 9.59 Å². The van der Waals surface area contributed by atoms with Gasteiger partial charge in [-0.15, -0.1) is 0 Å². The fourth-order valence-electron chi connectivity index (χ4n) is 4.00. The van der Waals surface area contributed by atoms with Gasteiger partial charge in [-0.05, 0) is 60.7 Å². The molecule has 1 heterocycles. The first kappa shape index (κ1) is 23.8. The molecule has 0 unspecified atom stereocenters. The minimum absolute atomic E-state index is 0.0102. The van der Waals surface area contributed by atoms with E-state index in [1.165, 1.54) is 12.1 Å². The highest BCUT2D eigenvalue weighted by Gasteiger charge is 2.37. The van der Waals surface area contributed by atoms with Crippen LogP contribution in [-0.2, 0) is 16.0 Å². The van der Waals surface area contributed by atoms with Crippen molar-refractivity contribution in [3.63, 3.8) is 0 Å².